The van der Waals surface area contributed by atoms with Crippen molar-refractivity contribution in [2.24, 2.45) is 0 Å². The summed E-state index contributed by atoms with van der Waals surface area (Å²) in [5, 5.41) is 2.97. The summed E-state index contributed by atoms with van der Waals surface area (Å²) in [7, 11) is 0. The zero-order valence-electron chi connectivity index (χ0n) is 15.4. The van der Waals surface area contributed by atoms with Crippen LogP contribution < -0.4 is 4.90 Å². The van der Waals surface area contributed by atoms with E-state index in [9.17, 15) is 9.59 Å². The van der Waals surface area contributed by atoms with E-state index in [1.54, 1.807) is 30.5 Å². The Morgan fingerprint density at radius 1 is 1.23 bits per heavy atom. The molecule has 1 saturated heterocycles. The van der Waals surface area contributed by atoms with Gasteiger partial charge in [0.2, 0.25) is 5.91 Å². The third kappa shape index (κ3) is 3.75. The molecule has 2 aromatic rings. The molecule has 1 amide bonds. The summed E-state index contributed by atoms with van der Waals surface area (Å²) in [6.45, 7) is 9.07. The molecule has 0 spiro atoms. The van der Waals surface area contributed by atoms with Gasteiger partial charge in [0, 0.05) is 49.1 Å². The van der Waals surface area contributed by atoms with E-state index in [2.05, 4.69) is 9.88 Å². The number of thiazole rings is 1. The molecule has 3 heterocycles. The molecule has 8 heteroatoms. The highest BCUT2D eigenvalue weighted by molar-refractivity contribution is 7.13. The minimum absolute atomic E-state index is 0.0704. The standard InChI is InChI=1S/C18H24N4O3S/c1-4-25-17(24)15-11-13(2)22(14(15)3)12-16(23)20-6-8-21(9-7-20)18-19-5-10-26-18/h5,10-11H,4,6-9,12H2,1-3H3. The van der Waals surface area contributed by atoms with Gasteiger partial charge in [-0.3, -0.25) is 4.79 Å². The SMILES string of the molecule is CCOC(=O)c1cc(C)n(CC(=O)N2CCN(c3nccs3)CC2)c1C. The number of carbonyl (C=O) groups is 2. The molecule has 0 unspecified atom stereocenters. The van der Waals surface area contributed by atoms with E-state index in [1.165, 1.54) is 0 Å². The molecule has 0 atom stereocenters. The van der Waals surface area contributed by atoms with Crippen LogP contribution in [-0.2, 0) is 16.1 Å². The third-order valence-electron chi connectivity index (χ3n) is 4.68. The number of anilines is 1. The van der Waals surface area contributed by atoms with Crippen LogP contribution in [0.3, 0.4) is 0 Å². The first-order chi connectivity index (χ1) is 12.5. The second kappa shape index (κ2) is 7.90. The molecule has 7 nitrogen and oxygen atoms in total. The van der Waals surface area contributed by atoms with Gasteiger partial charge in [-0.15, -0.1) is 11.3 Å². The van der Waals surface area contributed by atoms with Crippen LogP contribution in [-0.4, -0.2) is 59.1 Å². The molecule has 2 aromatic heterocycles. The van der Waals surface area contributed by atoms with Crippen molar-refractivity contribution in [1.82, 2.24) is 14.5 Å². The van der Waals surface area contributed by atoms with Gasteiger partial charge >= 0.3 is 5.97 Å². The molecule has 1 aliphatic heterocycles. The maximum Gasteiger partial charge on any atom is 0.339 e. The van der Waals surface area contributed by atoms with E-state index in [0.29, 0.717) is 25.3 Å². The molecule has 0 radical (unpaired) electrons. The predicted molar refractivity (Wildman–Crippen MR) is 101 cm³/mol. The molecule has 0 aromatic carbocycles. The number of esters is 1. The van der Waals surface area contributed by atoms with Crippen molar-refractivity contribution >= 4 is 28.3 Å². The summed E-state index contributed by atoms with van der Waals surface area (Å²) >= 11 is 1.62. The number of hydrogen-bond donors (Lipinski definition) is 0. The van der Waals surface area contributed by atoms with Gasteiger partial charge in [-0.2, -0.15) is 0 Å². The fourth-order valence-corrected chi connectivity index (χ4v) is 3.91. The molecular formula is C18H24N4O3S. The van der Waals surface area contributed by atoms with E-state index >= 15 is 0 Å². The first-order valence-electron chi connectivity index (χ1n) is 8.77. The minimum Gasteiger partial charge on any atom is -0.462 e. The Morgan fingerprint density at radius 2 is 1.96 bits per heavy atom. The van der Waals surface area contributed by atoms with Crippen LogP contribution >= 0.6 is 11.3 Å². The largest absolute Gasteiger partial charge is 0.462 e. The second-order valence-corrected chi connectivity index (χ2v) is 7.15. The van der Waals surface area contributed by atoms with Crippen molar-refractivity contribution in [3.8, 4) is 0 Å². The summed E-state index contributed by atoms with van der Waals surface area (Å²) in [5.74, 6) is -0.266. The zero-order valence-corrected chi connectivity index (χ0v) is 16.2. The molecule has 0 saturated carbocycles. The molecule has 140 valence electrons. The van der Waals surface area contributed by atoms with Crippen molar-refractivity contribution in [3.63, 3.8) is 0 Å². The van der Waals surface area contributed by atoms with Crippen molar-refractivity contribution in [2.45, 2.75) is 27.3 Å². The average Bonchev–Trinajstić information content (AvgIpc) is 3.26. The number of ether oxygens (including phenoxy) is 1. The van der Waals surface area contributed by atoms with Crippen molar-refractivity contribution in [1.29, 1.82) is 0 Å². The Balaban J connectivity index is 1.63. The van der Waals surface area contributed by atoms with Crippen molar-refractivity contribution in [3.05, 3.63) is 34.6 Å². The van der Waals surface area contributed by atoms with Crippen LogP contribution in [0.1, 0.15) is 28.7 Å². The Morgan fingerprint density at radius 3 is 2.58 bits per heavy atom. The van der Waals surface area contributed by atoms with Gasteiger partial charge in [0.1, 0.15) is 6.54 Å². The summed E-state index contributed by atoms with van der Waals surface area (Å²) in [5.41, 5.74) is 2.20. The molecular weight excluding hydrogens is 352 g/mol. The van der Waals surface area contributed by atoms with Crippen LogP contribution in [0.2, 0.25) is 0 Å². The summed E-state index contributed by atoms with van der Waals surface area (Å²) in [6.07, 6.45) is 1.80. The van der Waals surface area contributed by atoms with Crippen LogP contribution in [0.15, 0.2) is 17.6 Å². The van der Waals surface area contributed by atoms with Gasteiger partial charge in [0.15, 0.2) is 5.13 Å². The highest BCUT2D eigenvalue weighted by Gasteiger charge is 2.24. The van der Waals surface area contributed by atoms with E-state index in [4.69, 9.17) is 4.74 Å². The van der Waals surface area contributed by atoms with Gasteiger partial charge in [-0.1, -0.05) is 0 Å². The van der Waals surface area contributed by atoms with Gasteiger partial charge in [0.25, 0.3) is 0 Å². The van der Waals surface area contributed by atoms with Crippen molar-refractivity contribution in [2.75, 3.05) is 37.7 Å². The first kappa shape index (κ1) is 18.4. The normalized spacial score (nSPS) is 14.6. The summed E-state index contributed by atoms with van der Waals surface area (Å²) in [4.78, 5) is 33.2. The Kier molecular flexibility index (Phi) is 5.61. The monoisotopic (exact) mass is 376 g/mol. The number of carbonyl (C=O) groups excluding carboxylic acids is 2. The number of rotatable bonds is 5. The smallest absolute Gasteiger partial charge is 0.339 e. The molecule has 1 aliphatic rings. The van der Waals surface area contributed by atoms with E-state index < -0.39 is 0 Å². The maximum absolute atomic E-state index is 12.7. The van der Waals surface area contributed by atoms with Crippen LogP contribution in [0.25, 0.3) is 0 Å². The summed E-state index contributed by atoms with van der Waals surface area (Å²) < 4.78 is 6.98. The average molecular weight is 376 g/mol. The number of aromatic nitrogens is 2. The molecule has 1 fully saturated rings. The van der Waals surface area contributed by atoms with Crippen LogP contribution in [0, 0.1) is 13.8 Å². The fraction of sp³-hybridized carbons (Fsp3) is 0.500. The second-order valence-electron chi connectivity index (χ2n) is 6.27. The number of aryl methyl sites for hydroxylation is 1. The van der Waals surface area contributed by atoms with Crippen LogP contribution in [0.4, 0.5) is 5.13 Å². The first-order valence-corrected chi connectivity index (χ1v) is 9.65. The topological polar surface area (TPSA) is 67.7 Å². The molecule has 26 heavy (non-hydrogen) atoms. The number of nitrogens with zero attached hydrogens (tertiary/aromatic N) is 4. The third-order valence-corrected chi connectivity index (χ3v) is 5.52. The number of piperazine rings is 1. The molecule has 3 rings (SSSR count). The Bertz CT molecular complexity index is 777. The van der Waals surface area contributed by atoms with Crippen molar-refractivity contribution < 1.29 is 14.3 Å². The Labute approximate surface area is 157 Å². The quantitative estimate of drug-likeness (QED) is 0.748. The lowest BCUT2D eigenvalue weighted by molar-refractivity contribution is -0.132. The van der Waals surface area contributed by atoms with Crippen LogP contribution in [0.5, 0.6) is 0 Å². The number of hydrogen-bond acceptors (Lipinski definition) is 6. The Hall–Kier alpha value is -2.35. The predicted octanol–water partition coefficient (Wildman–Crippen LogP) is 2.09. The lowest BCUT2D eigenvalue weighted by Crippen LogP contribution is -2.49. The summed E-state index contributed by atoms with van der Waals surface area (Å²) in [6, 6.07) is 1.79. The van der Waals surface area contributed by atoms with E-state index in [1.807, 2.05) is 28.7 Å². The fourth-order valence-electron chi connectivity index (χ4n) is 3.21. The minimum atomic E-state index is -0.337. The zero-order chi connectivity index (χ0) is 18.7. The van der Waals surface area contributed by atoms with Gasteiger partial charge in [0.05, 0.1) is 12.2 Å². The van der Waals surface area contributed by atoms with Gasteiger partial charge < -0.3 is 19.1 Å². The molecule has 0 aliphatic carbocycles. The maximum atomic E-state index is 12.7. The van der Waals surface area contributed by atoms with E-state index in [-0.39, 0.29) is 18.4 Å². The van der Waals surface area contributed by atoms with Gasteiger partial charge in [-0.25, -0.2) is 9.78 Å². The highest BCUT2D eigenvalue weighted by atomic mass is 32.1. The van der Waals surface area contributed by atoms with E-state index in [0.717, 1.165) is 29.6 Å². The number of amides is 1. The highest BCUT2D eigenvalue weighted by Crippen LogP contribution is 2.20. The lowest BCUT2D eigenvalue weighted by Gasteiger charge is -2.34. The lowest BCUT2D eigenvalue weighted by atomic mass is 10.2. The van der Waals surface area contributed by atoms with Gasteiger partial charge in [-0.05, 0) is 26.8 Å². The molecule has 0 N–H and O–H groups in total. The molecule has 0 bridgehead atoms.